The van der Waals surface area contributed by atoms with Crippen molar-refractivity contribution >= 4 is 17.7 Å². The molecule has 0 aliphatic heterocycles. The van der Waals surface area contributed by atoms with Gasteiger partial charge >= 0.3 is 17.7 Å². The lowest BCUT2D eigenvalue weighted by molar-refractivity contribution is -0.107. The van der Waals surface area contributed by atoms with Crippen LogP contribution in [0.5, 0.6) is 0 Å². The molecule has 0 aromatic carbocycles. The third kappa shape index (κ3) is 8.13. The lowest BCUT2D eigenvalue weighted by Gasteiger charge is -2.39. The zero-order valence-electron chi connectivity index (χ0n) is 12.9. The zero-order valence-corrected chi connectivity index (χ0v) is 13.7. The monoisotopic (exact) mass is 323 g/mol. The topological polar surface area (TPSA) is 113 Å². The van der Waals surface area contributed by atoms with Crippen LogP contribution in [0.4, 0.5) is 4.79 Å². The van der Waals surface area contributed by atoms with Crippen molar-refractivity contribution in [2.75, 3.05) is 6.54 Å². The lowest BCUT2D eigenvalue weighted by Crippen LogP contribution is -2.54. The quantitative estimate of drug-likeness (QED) is 0.691. The first kappa shape index (κ1) is 20.0. The van der Waals surface area contributed by atoms with E-state index in [1.807, 2.05) is 6.92 Å². The second kappa shape index (κ2) is 8.45. The van der Waals surface area contributed by atoms with Crippen LogP contribution >= 0.6 is 0 Å². The number of hydrogen-bond acceptors (Lipinski definition) is 6. The molecule has 1 rings (SSSR count). The maximum absolute atomic E-state index is 11.5. The standard InChI is InChI=1S/C13H25NO4.O2S/c1-9-5-6-13(17,10(15)7-9)8-14-11(16)18-12(2,3)4;1-3-2/h9-10,15,17H,5-8H2,1-4H3,(H,14,16);/t9-,10+,13+;/m0./s1. The van der Waals surface area contributed by atoms with Crippen LogP contribution in [0.2, 0.25) is 0 Å². The van der Waals surface area contributed by atoms with E-state index in [1.54, 1.807) is 20.8 Å². The molecule has 3 atom stereocenters. The van der Waals surface area contributed by atoms with E-state index < -0.39 is 35.0 Å². The molecule has 3 N–H and O–H groups in total. The minimum Gasteiger partial charge on any atom is -0.444 e. The number of nitrogens with one attached hydrogen (secondary N) is 1. The van der Waals surface area contributed by atoms with Crippen LogP contribution in [0.15, 0.2) is 0 Å². The number of alkyl carbamates (subject to hydrolysis) is 1. The molecule has 124 valence electrons. The Morgan fingerprint density at radius 1 is 1.43 bits per heavy atom. The maximum atomic E-state index is 11.5. The van der Waals surface area contributed by atoms with Gasteiger partial charge in [-0.05, 0) is 46.0 Å². The Hall–Kier alpha value is -0.990. The third-order valence-corrected chi connectivity index (χ3v) is 3.25. The van der Waals surface area contributed by atoms with E-state index in [1.165, 1.54) is 0 Å². The van der Waals surface area contributed by atoms with E-state index in [2.05, 4.69) is 5.32 Å². The van der Waals surface area contributed by atoms with Gasteiger partial charge in [-0.3, -0.25) is 0 Å². The van der Waals surface area contributed by atoms with Gasteiger partial charge in [0.1, 0.15) is 11.2 Å². The molecule has 1 aliphatic carbocycles. The molecule has 21 heavy (non-hydrogen) atoms. The van der Waals surface area contributed by atoms with Crippen molar-refractivity contribution in [1.82, 2.24) is 5.32 Å². The van der Waals surface area contributed by atoms with E-state index in [-0.39, 0.29) is 6.54 Å². The van der Waals surface area contributed by atoms with Gasteiger partial charge in [0, 0.05) is 0 Å². The average molecular weight is 323 g/mol. The molecular weight excluding hydrogens is 298 g/mol. The molecule has 1 aliphatic rings. The van der Waals surface area contributed by atoms with Gasteiger partial charge in [-0.25, -0.2) is 4.79 Å². The number of rotatable bonds is 2. The molecule has 0 unspecified atom stereocenters. The number of hydrogen-bond donors (Lipinski definition) is 3. The van der Waals surface area contributed by atoms with Gasteiger partial charge in [-0.15, -0.1) is 0 Å². The average Bonchev–Trinajstić information content (AvgIpc) is 2.31. The van der Waals surface area contributed by atoms with Crippen LogP contribution in [0.25, 0.3) is 0 Å². The third-order valence-electron chi connectivity index (χ3n) is 3.25. The summed E-state index contributed by atoms with van der Waals surface area (Å²) in [7, 11) is 0. The Kier molecular flexibility index (Phi) is 8.05. The Bertz CT molecular complexity index is 377. The first-order valence-corrected chi connectivity index (χ1v) is 7.50. The van der Waals surface area contributed by atoms with Gasteiger partial charge in [-0.2, -0.15) is 8.42 Å². The van der Waals surface area contributed by atoms with E-state index in [0.29, 0.717) is 18.8 Å². The Labute approximate surface area is 128 Å². The minimum absolute atomic E-state index is 0.0236. The number of ether oxygens (including phenoxy) is 1. The molecule has 0 saturated heterocycles. The molecule has 1 saturated carbocycles. The van der Waals surface area contributed by atoms with Crippen LogP contribution in [-0.4, -0.2) is 48.6 Å². The van der Waals surface area contributed by atoms with Crippen LogP contribution in [0.1, 0.15) is 47.0 Å². The number of aliphatic hydroxyl groups is 2. The van der Waals surface area contributed by atoms with Crippen molar-refractivity contribution in [2.45, 2.75) is 64.3 Å². The lowest BCUT2D eigenvalue weighted by atomic mass is 9.77. The highest BCUT2D eigenvalue weighted by Crippen LogP contribution is 2.31. The SMILES string of the molecule is C[C@H]1CC[C@@](O)(CNC(=O)OC(C)(C)C)[C@H](O)C1.O=S=O. The predicted molar refractivity (Wildman–Crippen MR) is 77.1 cm³/mol. The Balaban J connectivity index is 0.00000122. The van der Waals surface area contributed by atoms with Crippen molar-refractivity contribution in [3.63, 3.8) is 0 Å². The second-order valence-corrected chi connectivity index (χ2v) is 6.56. The second-order valence-electron chi connectivity index (χ2n) is 6.42. The fraction of sp³-hybridized carbons (Fsp3) is 0.923. The number of carbonyl (C=O) groups excluding carboxylic acids is 1. The fourth-order valence-corrected chi connectivity index (χ4v) is 2.13. The zero-order chi connectivity index (χ0) is 16.7. The molecule has 0 aromatic heterocycles. The first-order valence-electron chi connectivity index (χ1n) is 6.83. The van der Waals surface area contributed by atoms with Gasteiger partial charge in [0.15, 0.2) is 0 Å². The Morgan fingerprint density at radius 2 is 1.95 bits per heavy atom. The normalized spacial score (nSPS) is 28.9. The summed E-state index contributed by atoms with van der Waals surface area (Å²) in [5.74, 6) is 0.404. The molecular formula is C13H25NO6S. The van der Waals surface area contributed by atoms with Crippen LogP contribution in [-0.2, 0) is 16.3 Å². The largest absolute Gasteiger partial charge is 0.444 e. The van der Waals surface area contributed by atoms with Gasteiger partial charge in [0.25, 0.3) is 0 Å². The maximum Gasteiger partial charge on any atom is 0.407 e. The molecule has 0 heterocycles. The molecule has 0 spiro atoms. The summed E-state index contributed by atoms with van der Waals surface area (Å²) in [4.78, 5) is 11.5. The molecule has 0 aromatic rings. The van der Waals surface area contributed by atoms with Crippen LogP contribution in [0.3, 0.4) is 0 Å². The van der Waals surface area contributed by atoms with Crippen molar-refractivity contribution in [3.8, 4) is 0 Å². The smallest absolute Gasteiger partial charge is 0.407 e. The Morgan fingerprint density at radius 3 is 2.38 bits per heavy atom. The summed E-state index contributed by atoms with van der Waals surface area (Å²) in [6, 6.07) is 0. The van der Waals surface area contributed by atoms with Crippen LogP contribution in [0, 0.1) is 5.92 Å². The van der Waals surface area contributed by atoms with Crippen molar-refractivity contribution in [2.24, 2.45) is 5.92 Å². The van der Waals surface area contributed by atoms with Gasteiger partial charge < -0.3 is 20.3 Å². The van der Waals surface area contributed by atoms with Crippen molar-refractivity contribution < 1.29 is 28.2 Å². The van der Waals surface area contributed by atoms with Crippen molar-refractivity contribution in [3.05, 3.63) is 0 Å². The molecule has 7 nitrogen and oxygen atoms in total. The molecule has 8 heteroatoms. The first-order chi connectivity index (χ1) is 9.54. The number of carbonyl (C=O) groups is 1. The highest BCUT2D eigenvalue weighted by atomic mass is 32.1. The van der Waals surface area contributed by atoms with E-state index in [9.17, 15) is 15.0 Å². The summed E-state index contributed by atoms with van der Waals surface area (Å²) in [5, 5.41) is 22.7. The van der Waals surface area contributed by atoms with Gasteiger partial charge in [0.05, 0.1) is 12.6 Å². The van der Waals surface area contributed by atoms with E-state index in [0.717, 1.165) is 6.42 Å². The minimum atomic E-state index is -1.23. The van der Waals surface area contributed by atoms with Gasteiger partial charge in [0.2, 0.25) is 0 Å². The summed E-state index contributed by atoms with van der Waals surface area (Å²) < 4.78 is 21.7. The summed E-state index contributed by atoms with van der Waals surface area (Å²) >= 11 is -0.750. The molecule has 1 amide bonds. The summed E-state index contributed by atoms with van der Waals surface area (Å²) in [6.45, 7) is 7.40. The van der Waals surface area contributed by atoms with E-state index >= 15 is 0 Å². The van der Waals surface area contributed by atoms with E-state index in [4.69, 9.17) is 13.2 Å². The predicted octanol–water partition coefficient (Wildman–Crippen LogP) is 0.753. The van der Waals surface area contributed by atoms with Gasteiger partial charge in [-0.1, -0.05) is 6.92 Å². The molecule has 0 radical (unpaired) electrons. The van der Waals surface area contributed by atoms with Crippen LogP contribution < -0.4 is 5.32 Å². The number of amides is 1. The highest BCUT2D eigenvalue weighted by molar-refractivity contribution is 7.51. The highest BCUT2D eigenvalue weighted by Gasteiger charge is 2.40. The molecule has 0 bridgehead atoms. The summed E-state index contributed by atoms with van der Waals surface area (Å²) in [5.41, 5.74) is -1.80. The number of aliphatic hydroxyl groups excluding tert-OH is 1. The van der Waals surface area contributed by atoms with Crippen molar-refractivity contribution in [1.29, 1.82) is 0 Å². The fourth-order valence-electron chi connectivity index (χ4n) is 2.13. The molecule has 1 fully saturated rings. The summed E-state index contributed by atoms with van der Waals surface area (Å²) in [6.07, 6.45) is 0.541.